The van der Waals surface area contributed by atoms with Gasteiger partial charge in [-0.1, -0.05) is 11.6 Å². The van der Waals surface area contributed by atoms with Crippen LogP contribution in [0.25, 0.3) is 0 Å². The first-order valence-electron chi connectivity index (χ1n) is 13.3. The van der Waals surface area contributed by atoms with Gasteiger partial charge in [-0.05, 0) is 77.6 Å². The quantitative estimate of drug-likeness (QED) is 0.570. The van der Waals surface area contributed by atoms with Crippen molar-refractivity contribution in [3.63, 3.8) is 0 Å². The van der Waals surface area contributed by atoms with E-state index in [1.54, 1.807) is 35.2 Å². The van der Waals surface area contributed by atoms with Crippen LogP contribution in [0.15, 0.2) is 30.3 Å². The summed E-state index contributed by atoms with van der Waals surface area (Å²) in [6, 6.07) is 10.6. The second-order valence-electron chi connectivity index (χ2n) is 11.1. The minimum Gasteiger partial charge on any atom is -0.490 e. The van der Waals surface area contributed by atoms with Gasteiger partial charge in [0.25, 0.3) is 5.91 Å². The minimum atomic E-state index is -0.538. The Kier molecular flexibility index (Phi) is 8.80. The van der Waals surface area contributed by atoms with Crippen molar-refractivity contribution >= 4 is 29.4 Å². The number of anilines is 1. The molecule has 0 spiro atoms. The molecule has 1 aliphatic carbocycles. The Morgan fingerprint density at radius 1 is 1.10 bits per heavy atom. The van der Waals surface area contributed by atoms with Gasteiger partial charge in [0.1, 0.15) is 17.4 Å². The maximum absolute atomic E-state index is 12.8. The molecule has 2 aromatic rings. The topological polar surface area (TPSA) is 121 Å². The lowest BCUT2D eigenvalue weighted by Gasteiger charge is -2.40. The molecule has 2 heterocycles. The van der Waals surface area contributed by atoms with Crippen molar-refractivity contribution in [2.75, 3.05) is 24.5 Å². The summed E-state index contributed by atoms with van der Waals surface area (Å²) in [5, 5.41) is 20.9. The normalized spacial score (nSPS) is 21.6. The highest BCUT2D eigenvalue weighted by Crippen LogP contribution is 2.27. The molecule has 0 unspecified atom stereocenters. The molecule has 1 aliphatic heterocycles. The Labute approximate surface area is 234 Å². The fourth-order valence-corrected chi connectivity index (χ4v) is 5.02. The molecule has 2 aliphatic rings. The molecule has 208 valence electrons. The molecule has 1 saturated carbocycles. The van der Waals surface area contributed by atoms with Crippen LogP contribution < -0.4 is 15.0 Å². The van der Waals surface area contributed by atoms with Crippen LogP contribution in [-0.4, -0.2) is 70.5 Å². The van der Waals surface area contributed by atoms with Gasteiger partial charge in [-0.25, -0.2) is 4.79 Å². The Hall–Kier alpha value is -3.58. The molecule has 2 fully saturated rings. The van der Waals surface area contributed by atoms with Crippen molar-refractivity contribution in [3.8, 4) is 11.8 Å². The molecule has 1 saturated heterocycles. The predicted molar refractivity (Wildman–Crippen MR) is 147 cm³/mol. The second-order valence-corrected chi connectivity index (χ2v) is 11.5. The molecule has 0 radical (unpaired) electrons. The zero-order valence-corrected chi connectivity index (χ0v) is 23.6. The van der Waals surface area contributed by atoms with E-state index in [0.29, 0.717) is 41.8 Å². The average molecular weight is 555 g/mol. The number of nitrogens with zero attached hydrogens (tertiary/aromatic N) is 5. The third-order valence-corrected chi connectivity index (χ3v) is 7.15. The third kappa shape index (κ3) is 7.51. The summed E-state index contributed by atoms with van der Waals surface area (Å²) in [5.74, 6) is 1.06. The van der Waals surface area contributed by atoms with Crippen LogP contribution >= 0.6 is 11.6 Å². The monoisotopic (exact) mass is 554 g/mol. The summed E-state index contributed by atoms with van der Waals surface area (Å²) in [5.41, 5.74) is 0.149. The zero-order valence-electron chi connectivity index (χ0n) is 22.8. The summed E-state index contributed by atoms with van der Waals surface area (Å²) >= 11 is 6.10. The number of piperazine rings is 1. The molecule has 1 aromatic heterocycles. The molecule has 4 rings (SSSR count). The van der Waals surface area contributed by atoms with Gasteiger partial charge in [-0.15, -0.1) is 10.2 Å². The SMILES string of the molecule is C[C@@H]1CN(c2ccc(C(=O)N[C@H]3CC[C@H](Oc4ccc(C#N)c(Cl)c4)CC3)nn2)CCN1C(=O)OC(C)(C)C. The number of halogens is 1. The molecule has 39 heavy (non-hydrogen) atoms. The largest absolute Gasteiger partial charge is 0.490 e. The Morgan fingerprint density at radius 2 is 1.85 bits per heavy atom. The smallest absolute Gasteiger partial charge is 0.410 e. The fourth-order valence-electron chi connectivity index (χ4n) is 4.81. The lowest BCUT2D eigenvalue weighted by atomic mass is 9.93. The van der Waals surface area contributed by atoms with E-state index in [2.05, 4.69) is 20.4 Å². The molecule has 1 aromatic carbocycles. The number of amides is 2. The molecule has 10 nitrogen and oxygen atoms in total. The highest BCUT2D eigenvalue weighted by Gasteiger charge is 2.31. The van der Waals surface area contributed by atoms with Gasteiger partial charge in [0.15, 0.2) is 11.5 Å². The van der Waals surface area contributed by atoms with Crippen molar-refractivity contribution in [3.05, 3.63) is 46.6 Å². The lowest BCUT2D eigenvalue weighted by molar-refractivity contribution is 0.0158. The fraction of sp³-hybridized carbons (Fsp3) is 0.536. The number of nitrogens with one attached hydrogen (secondary N) is 1. The van der Waals surface area contributed by atoms with Crippen LogP contribution in [0.1, 0.15) is 69.4 Å². The first kappa shape index (κ1) is 28.4. The van der Waals surface area contributed by atoms with E-state index in [1.165, 1.54) is 0 Å². The number of hydrogen-bond acceptors (Lipinski definition) is 8. The summed E-state index contributed by atoms with van der Waals surface area (Å²) < 4.78 is 11.5. The van der Waals surface area contributed by atoms with Crippen molar-refractivity contribution < 1.29 is 19.1 Å². The van der Waals surface area contributed by atoms with Crippen LogP contribution in [0.2, 0.25) is 5.02 Å². The number of aromatic nitrogens is 2. The van der Waals surface area contributed by atoms with Gasteiger partial charge in [-0.2, -0.15) is 5.26 Å². The average Bonchev–Trinajstić information content (AvgIpc) is 2.89. The highest BCUT2D eigenvalue weighted by atomic mass is 35.5. The van der Waals surface area contributed by atoms with E-state index in [9.17, 15) is 9.59 Å². The third-order valence-electron chi connectivity index (χ3n) is 6.84. The minimum absolute atomic E-state index is 0.0272. The number of benzene rings is 1. The van der Waals surface area contributed by atoms with Crippen molar-refractivity contribution in [1.82, 2.24) is 20.4 Å². The summed E-state index contributed by atoms with van der Waals surface area (Å²) in [6.45, 7) is 9.26. The van der Waals surface area contributed by atoms with Crippen molar-refractivity contribution in [2.45, 2.75) is 77.2 Å². The molecular weight excluding hydrogens is 520 g/mol. The summed E-state index contributed by atoms with van der Waals surface area (Å²) in [6.07, 6.45) is 2.87. The van der Waals surface area contributed by atoms with E-state index < -0.39 is 5.60 Å². The van der Waals surface area contributed by atoms with Crippen LogP contribution in [0.3, 0.4) is 0 Å². The van der Waals surface area contributed by atoms with Gasteiger partial charge in [0, 0.05) is 37.8 Å². The van der Waals surface area contributed by atoms with Gasteiger partial charge in [0.05, 0.1) is 16.7 Å². The van der Waals surface area contributed by atoms with Gasteiger partial charge in [0.2, 0.25) is 0 Å². The summed E-state index contributed by atoms with van der Waals surface area (Å²) in [4.78, 5) is 29.1. The van der Waals surface area contributed by atoms with E-state index >= 15 is 0 Å². The first-order chi connectivity index (χ1) is 18.5. The number of rotatable bonds is 5. The molecule has 2 amide bonds. The second kappa shape index (κ2) is 12.1. The van der Waals surface area contributed by atoms with Crippen LogP contribution in [0, 0.1) is 11.3 Å². The Morgan fingerprint density at radius 3 is 2.44 bits per heavy atom. The lowest BCUT2D eigenvalue weighted by Crippen LogP contribution is -2.55. The molecular formula is C28H35ClN6O4. The molecule has 1 atom stereocenters. The van der Waals surface area contributed by atoms with Crippen LogP contribution in [0.5, 0.6) is 5.75 Å². The molecule has 11 heteroatoms. The van der Waals surface area contributed by atoms with Gasteiger partial charge < -0.3 is 24.6 Å². The Balaban J connectivity index is 1.24. The molecule has 0 bridgehead atoms. The number of hydrogen-bond donors (Lipinski definition) is 1. The van der Waals surface area contributed by atoms with Crippen molar-refractivity contribution in [2.24, 2.45) is 0 Å². The highest BCUT2D eigenvalue weighted by molar-refractivity contribution is 6.31. The maximum Gasteiger partial charge on any atom is 0.410 e. The zero-order chi connectivity index (χ0) is 28.2. The first-order valence-corrected chi connectivity index (χ1v) is 13.7. The number of ether oxygens (including phenoxy) is 2. The number of nitriles is 1. The van der Waals surface area contributed by atoms with Gasteiger partial charge >= 0.3 is 6.09 Å². The van der Waals surface area contributed by atoms with Crippen LogP contribution in [-0.2, 0) is 4.74 Å². The van der Waals surface area contributed by atoms with E-state index in [4.69, 9.17) is 26.3 Å². The summed E-state index contributed by atoms with van der Waals surface area (Å²) in [7, 11) is 0. The predicted octanol–water partition coefficient (Wildman–Crippen LogP) is 4.57. The van der Waals surface area contributed by atoms with Gasteiger partial charge in [-0.3, -0.25) is 4.79 Å². The van der Waals surface area contributed by atoms with E-state index in [0.717, 1.165) is 25.7 Å². The van der Waals surface area contributed by atoms with E-state index in [1.807, 2.05) is 33.8 Å². The number of carbonyl (C=O) groups excluding carboxylic acids is 2. The van der Waals surface area contributed by atoms with Crippen molar-refractivity contribution in [1.29, 1.82) is 5.26 Å². The standard InChI is InChI=1S/C28H35ClN6O4/c1-18-17-34(13-14-35(18)27(37)39-28(2,3)4)25-12-11-24(32-33-25)26(36)31-20-6-9-21(10-7-20)38-22-8-5-19(16-30)23(29)15-22/h5,8,11-12,15,18,20-21H,6-7,9-10,13-14,17H2,1-4H3,(H,31,36)/t18-,20-,21-/m1/s1. The number of carbonyl (C=O) groups is 2. The molecule has 1 N–H and O–H groups in total. The Bertz CT molecular complexity index is 1220. The van der Waals surface area contributed by atoms with E-state index in [-0.39, 0.29) is 35.9 Å². The van der Waals surface area contributed by atoms with Crippen LogP contribution in [0.4, 0.5) is 10.6 Å². The maximum atomic E-state index is 12.8.